The summed E-state index contributed by atoms with van der Waals surface area (Å²) in [6, 6.07) is 8.65. The van der Waals surface area contributed by atoms with Crippen LogP contribution in [0.1, 0.15) is 11.1 Å². The second-order valence-electron chi connectivity index (χ2n) is 4.61. The monoisotopic (exact) mass is 216 g/mol. The fourth-order valence-corrected chi connectivity index (χ4v) is 1.90. The van der Waals surface area contributed by atoms with Crippen LogP contribution in [0.3, 0.4) is 0 Å². The molecule has 3 heteroatoms. The number of nitriles is 1. The van der Waals surface area contributed by atoms with E-state index >= 15 is 0 Å². The number of nitrogens with zero attached hydrogens (tertiary/aromatic N) is 1. The van der Waals surface area contributed by atoms with E-state index in [2.05, 4.69) is 43.4 Å². The van der Waals surface area contributed by atoms with Crippen LogP contribution >= 0.6 is 0 Å². The normalized spacial score (nSPS) is 17.3. The molecule has 1 aromatic carbocycles. The van der Waals surface area contributed by atoms with Crippen molar-refractivity contribution in [1.29, 1.82) is 5.26 Å². The van der Waals surface area contributed by atoms with E-state index in [1.54, 1.807) is 0 Å². The molecule has 16 heavy (non-hydrogen) atoms. The van der Waals surface area contributed by atoms with Crippen molar-refractivity contribution in [3.05, 3.63) is 29.3 Å². The predicted octanol–water partition coefficient (Wildman–Crippen LogP) is 2.26. The highest BCUT2D eigenvalue weighted by Crippen LogP contribution is 2.27. The van der Waals surface area contributed by atoms with Gasteiger partial charge < -0.3 is 10.1 Å². The van der Waals surface area contributed by atoms with E-state index in [4.69, 9.17) is 10.00 Å². The van der Waals surface area contributed by atoms with Gasteiger partial charge in [-0.3, -0.25) is 0 Å². The Hall–Kier alpha value is -1.53. The number of anilines is 1. The van der Waals surface area contributed by atoms with Gasteiger partial charge in [0.15, 0.2) is 0 Å². The molecule has 84 valence electrons. The van der Waals surface area contributed by atoms with Crippen LogP contribution in [0.25, 0.3) is 0 Å². The Morgan fingerprint density at radius 2 is 1.94 bits per heavy atom. The minimum Gasteiger partial charge on any atom is -0.383 e. The third-order valence-electron chi connectivity index (χ3n) is 2.85. The molecule has 1 aliphatic rings. The topological polar surface area (TPSA) is 45.0 Å². The van der Waals surface area contributed by atoms with Crippen molar-refractivity contribution in [1.82, 2.24) is 0 Å². The number of rotatable bonds is 3. The lowest BCUT2D eigenvalue weighted by Crippen LogP contribution is -2.46. The Bertz CT molecular complexity index is 410. The van der Waals surface area contributed by atoms with Gasteiger partial charge in [0.2, 0.25) is 0 Å². The maximum atomic E-state index is 9.05. The molecule has 2 rings (SSSR count). The molecule has 0 atom stereocenters. The highest BCUT2D eigenvalue weighted by Gasteiger charge is 2.38. The number of hydrogen-bond acceptors (Lipinski definition) is 3. The maximum absolute atomic E-state index is 9.05. The zero-order chi connectivity index (χ0) is 11.6. The second kappa shape index (κ2) is 4.15. The number of nitrogens with one attached hydrogen (secondary N) is 1. The summed E-state index contributed by atoms with van der Waals surface area (Å²) in [5.41, 5.74) is 3.23. The molecule has 1 fully saturated rings. The van der Waals surface area contributed by atoms with Crippen molar-refractivity contribution in [2.45, 2.75) is 13.8 Å². The van der Waals surface area contributed by atoms with Crippen LogP contribution in [0.2, 0.25) is 0 Å². The Morgan fingerprint density at radius 3 is 2.38 bits per heavy atom. The summed E-state index contributed by atoms with van der Waals surface area (Å²) >= 11 is 0. The highest BCUT2D eigenvalue weighted by molar-refractivity contribution is 5.48. The van der Waals surface area contributed by atoms with E-state index in [-0.39, 0.29) is 5.41 Å². The van der Waals surface area contributed by atoms with Crippen LogP contribution in [0.4, 0.5) is 5.69 Å². The van der Waals surface area contributed by atoms with Crippen LogP contribution < -0.4 is 5.32 Å². The minimum atomic E-state index is -0.322. The van der Waals surface area contributed by atoms with E-state index in [1.807, 2.05) is 0 Å². The molecule has 1 heterocycles. The van der Waals surface area contributed by atoms with Gasteiger partial charge in [0.05, 0.1) is 19.3 Å². The summed E-state index contributed by atoms with van der Waals surface area (Å²) in [5.74, 6) is 0. The van der Waals surface area contributed by atoms with E-state index < -0.39 is 0 Å². The van der Waals surface area contributed by atoms with E-state index in [0.29, 0.717) is 19.8 Å². The molecule has 0 unspecified atom stereocenters. The van der Waals surface area contributed by atoms with Crippen molar-refractivity contribution < 1.29 is 4.74 Å². The molecule has 0 radical (unpaired) electrons. The summed E-state index contributed by atoms with van der Waals surface area (Å²) in [4.78, 5) is 0. The molecule has 1 saturated heterocycles. The van der Waals surface area contributed by atoms with E-state index in [0.717, 1.165) is 5.69 Å². The van der Waals surface area contributed by atoms with Crippen LogP contribution in [0.15, 0.2) is 18.2 Å². The van der Waals surface area contributed by atoms with Gasteiger partial charge in [-0.15, -0.1) is 0 Å². The zero-order valence-corrected chi connectivity index (χ0v) is 9.71. The first-order valence-corrected chi connectivity index (χ1v) is 5.45. The number of aryl methyl sites for hydroxylation is 2. The molecule has 0 aromatic heterocycles. The van der Waals surface area contributed by atoms with Gasteiger partial charge in [-0.05, 0) is 37.1 Å². The third kappa shape index (κ3) is 2.17. The molecule has 0 saturated carbocycles. The fraction of sp³-hybridized carbons (Fsp3) is 0.462. The van der Waals surface area contributed by atoms with Crippen molar-refractivity contribution >= 4 is 5.69 Å². The van der Waals surface area contributed by atoms with Crippen LogP contribution in [-0.4, -0.2) is 19.8 Å². The van der Waals surface area contributed by atoms with E-state index in [1.165, 1.54) is 11.1 Å². The molecular formula is C13H16N2O. The molecule has 0 bridgehead atoms. The summed E-state index contributed by atoms with van der Waals surface area (Å²) < 4.78 is 5.10. The number of hydrogen-bond donors (Lipinski definition) is 1. The zero-order valence-electron chi connectivity index (χ0n) is 9.71. The molecular weight excluding hydrogens is 200 g/mol. The first-order valence-electron chi connectivity index (χ1n) is 5.45. The smallest absolute Gasteiger partial charge is 0.121 e. The van der Waals surface area contributed by atoms with Gasteiger partial charge in [0.1, 0.15) is 5.41 Å². The van der Waals surface area contributed by atoms with Crippen molar-refractivity contribution in [3.8, 4) is 6.07 Å². The average Bonchev–Trinajstić information content (AvgIpc) is 2.15. The molecule has 0 spiro atoms. The Morgan fingerprint density at radius 1 is 1.31 bits per heavy atom. The van der Waals surface area contributed by atoms with Gasteiger partial charge >= 0.3 is 0 Å². The third-order valence-corrected chi connectivity index (χ3v) is 2.85. The molecule has 1 aliphatic heterocycles. The maximum Gasteiger partial charge on any atom is 0.121 e. The molecule has 0 aliphatic carbocycles. The quantitative estimate of drug-likeness (QED) is 0.842. The molecule has 3 nitrogen and oxygen atoms in total. The van der Waals surface area contributed by atoms with Crippen LogP contribution in [0, 0.1) is 30.6 Å². The standard InChI is InChI=1S/C13H16N2O/c1-10-3-11(2)5-12(4-10)15-7-13(6-14)8-16-9-13/h3-5,15H,7-9H2,1-2H3. The van der Waals surface area contributed by atoms with E-state index in [9.17, 15) is 0 Å². The predicted molar refractivity (Wildman–Crippen MR) is 63.3 cm³/mol. The number of ether oxygens (including phenoxy) is 1. The molecule has 1 N–H and O–H groups in total. The fourth-order valence-electron chi connectivity index (χ4n) is 1.90. The summed E-state index contributed by atoms with van der Waals surface area (Å²) in [6.07, 6.45) is 0. The number of benzene rings is 1. The Kier molecular flexibility index (Phi) is 2.84. The average molecular weight is 216 g/mol. The summed E-state index contributed by atoms with van der Waals surface area (Å²) in [7, 11) is 0. The lowest BCUT2D eigenvalue weighted by atomic mass is 9.88. The van der Waals surface area contributed by atoms with Crippen molar-refractivity contribution in [2.75, 3.05) is 25.1 Å². The highest BCUT2D eigenvalue weighted by atomic mass is 16.5. The van der Waals surface area contributed by atoms with Crippen LogP contribution in [0.5, 0.6) is 0 Å². The van der Waals surface area contributed by atoms with Gasteiger partial charge in [0, 0.05) is 12.2 Å². The van der Waals surface area contributed by atoms with Gasteiger partial charge in [-0.1, -0.05) is 6.07 Å². The largest absolute Gasteiger partial charge is 0.383 e. The van der Waals surface area contributed by atoms with Crippen LogP contribution in [-0.2, 0) is 4.74 Å². The summed E-state index contributed by atoms with van der Waals surface area (Å²) in [6.45, 7) is 5.89. The van der Waals surface area contributed by atoms with Gasteiger partial charge in [-0.25, -0.2) is 0 Å². The Balaban J connectivity index is 2.02. The first-order chi connectivity index (χ1) is 7.63. The molecule has 0 amide bonds. The first kappa shape index (κ1) is 11.0. The minimum absolute atomic E-state index is 0.322. The Labute approximate surface area is 96.0 Å². The van der Waals surface area contributed by atoms with Gasteiger partial charge in [0.25, 0.3) is 0 Å². The summed E-state index contributed by atoms with van der Waals surface area (Å²) in [5, 5.41) is 12.4. The molecule has 1 aromatic rings. The lowest BCUT2D eigenvalue weighted by molar-refractivity contribution is -0.0690. The SMILES string of the molecule is Cc1cc(C)cc(NCC2(C#N)COC2)c1. The van der Waals surface area contributed by atoms with Crippen molar-refractivity contribution in [3.63, 3.8) is 0 Å². The van der Waals surface area contributed by atoms with Gasteiger partial charge in [-0.2, -0.15) is 5.26 Å². The van der Waals surface area contributed by atoms with Crippen molar-refractivity contribution in [2.24, 2.45) is 5.41 Å². The lowest BCUT2D eigenvalue weighted by Gasteiger charge is -2.35. The second-order valence-corrected chi connectivity index (χ2v) is 4.61.